The van der Waals surface area contributed by atoms with Crippen molar-refractivity contribution < 1.29 is 30.9 Å². The third-order valence-electron chi connectivity index (χ3n) is 9.33. The summed E-state index contributed by atoms with van der Waals surface area (Å²) >= 11 is 0. The smallest absolute Gasteiger partial charge is 0.657 e. The van der Waals surface area contributed by atoms with Crippen molar-refractivity contribution in [2.75, 3.05) is 7.11 Å². The number of benzene rings is 4. The number of hydrogen-bond donors (Lipinski definition) is 0. The van der Waals surface area contributed by atoms with Gasteiger partial charge < -0.3 is 19.4 Å². The molecule has 0 spiro atoms. The second-order valence-corrected chi connectivity index (χ2v) is 12.6. The van der Waals surface area contributed by atoms with Crippen LogP contribution in [0.15, 0.2) is 133 Å². The molecule has 10 heteroatoms. The van der Waals surface area contributed by atoms with Gasteiger partial charge in [0, 0.05) is 12.1 Å². The number of fused-ring (bicyclic) bond motifs is 8. The van der Waals surface area contributed by atoms with Gasteiger partial charge in [-0.15, -0.1) is 22.1 Å². The number of rotatable bonds is 7. The first kappa shape index (κ1) is 35.0. The van der Waals surface area contributed by atoms with E-state index in [9.17, 15) is 10.1 Å². The fourth-order valence-corrected chi connectivity index (χ4v) is 6.77. The first-order chi connectivity index (χ1) is 26.5. The van der Waals surface area contributed by atoms with E-state index in [0.717, 1.165) is 61.2 Å². The standard InChI is InChI=1S/C45H29N5O4.Ni/c1-53-32-16-12-30(13-17-32)44-36-22-20-34(46-36)42(28-8-4-2-5-9-28)38-24-26-40(48-38)45(54-33-18-14-31(15-19-33)50(51)52)41-27-25-39(49-41)43(29-10-6-3-7-11-29)35-21-23-37(44)47-35;/h2-27H,1H3;/q-2;+2. The summed E-state index contributed by atoms with van der Waals surface area (Å²) in [5.41, 5.74) is 10.8. The van der Waals surface area contributed by atoms with E-state index >= 15 is 0 Å². The minimum Gasteiger partial charge on any atom is -0.657 e. The molecule has 4 aromatic carbocycles. The maximum atomic E-state index is 11.4. The number of hydrogen-bond acceptors (Lipinski definition) is 6. The fraction of sp³-hybridized carbons (Fsp3) is 0.0222. The van der Waals surface area contributed by atoms with Crippen LogP contribution in [-0.4, -0.2) is 22.0 Å². The Labute approximate surface area is 325 Å². The molecule has 0 aliphatic carbocycles. The van der Waals surface area contributed by atoms with Gasteiger partial charge in [-0.05, 0) is 82.0 Å². The molecule has 55 heavy (non-hydrogen) atoms. The zero-order chi connectivity index (χ0) is 36.6. The normalized spacial score (nSPS) is 11.6. The Hall–Kier alpha value is -7.03. The van der Waals surface area contributed by atoms with Crippen LogP contribution < -0.4 is 19.4 Å². The molecule has 0 N–H and O–H groups in total. The van der Waals surface area contributed by atoms with Crippen LogP contribution in [0.2, 0.25) is 0 Å². The molecule has 9 nitrogen and oxygen atoms in total. The molecular weight excluding hydrogens is 733 g/mol. The first-order valence-corrected chi connectivity index (χ1v) is 17.3. The van der Waals surface area contributed by atoms with Gasteiger partial charge in [-0.25, -0.2) is 9.97 Å². The van der Waals surface area contributed by atoms with Crippen molar-refractivity contribution in [1.29, 1.82) is 0 Å². The summed E-state index contributed by atoms with van der Waals surface area (Å²) in [5, 5.41) is 11.4. The van der Waals surface area contributed by atoms with E-state index in [2.05, 4.69) is 0 Å². The van der Waals surface area contributed by atoms with Crippen LogP contribution in [0.1, 0.15) is 22.8 Å². The molecule has 0 saturated carbocycles. The van der Waals surface area contributed by atoms with E-state index in [1.54, 1.807) is 19.2 Å². The van der Waals surface area contributed by atoms with Crippen molar-refractivity contribution in [3.63, 3.8) is 0 Å². The molecule has 0 fully saturated rings. The van der Waals surface area contributed by atoms with Crippen LogP contribution in [0.3, 0.4) is 0 Å². The number of non-ortho nitro benzene ring substituents is 1. The van der Waals surface area contributed by atoms with Crippen molar-refractivity contribution in [1.82, 2.24) is 19.9 Å². The summed E-state index contributed by atoms with van der Waals surface area (Å²) < 4.78 is 12.0. The number of ether oxygens (including phenoxy) is 2. The van der Waals surface area contributed by atoms with Crippen LogP contribution in [0.5, 0.6) is 17.2 Å². The minimum atomic E-state index is -0.440. The van der Waals surface area contributed by atoms with Crippen molar-refractivity contribution in [2.24, 2.45) is 0 Å². The Kier molecular flexibility index (Phi) is 9.41. The second kappa shape index (κ2) is 14.8. The van der Waals surface area contributed by atoms with Gasteiger partial charge in [-0.1, -0.05) is 97.1 Å². The van der Waals surface area contributed by atoms with E-state index < -0.39 is 4.92 Å². The SMILES string of the molecule is COc1ccc(-c2c3ccc([n-]3)c(-c3ccccc3)c3nc(c(Oc4ccc([N+](=O)[O-])cc4)c4nc(c(-c5ccccc5)c5ccc2[n-]5)C=C4)C=C3)cc1.[Ni+2]. The number of nitrogens with zero attached hydrogens (tertiary/aromatic N) is 5. The third-order valence-corrected chi connectivity index (χ3v) is 9.33. The molecule has 7 aromatic rings. The fourth-order valence-electron chi connectivity index (χ4n) is 6.77. The van der Waals surface area contributed by atoms with Crippen molar-refractivity contribution in [2.45, 2.75) is 0 Å². The average Bonchev–Trinajstić information content (AvgIpc) is 4.06. The Morgan fingerprint density at radius 1 is 0.509 bits per heavy atom. The number of nitro benzene ring substituents is 1. The Morgan fingerprint density at radius 3 is 1.38 bits per heavy atom. The summed E-state index contributed by atoms with van der Waals surface area (Å²) in [5.74, 6) is 1.56. The largest absolute Gasteiger partial charge is 2.00 e. The molecule has 3 aromatic heterocycles. The molecule has 0 atom stereocenters. The maximum absolute atomic E-state index is 11.4. The van der Waals surface area contributed by atoms with Gasteiger partial charge in [0.15, 0.2) is 5.75 Å². The second-order valence-electron chi connectivity index (χ2n) is 12.6. The molecule has 0 saturated heterocycles. The monoisotopic (exact) mass is 761 g/mol. The molecule has 2 aliphatic rings. The molecule has 9 rings (SSSR count). The van der Waals surface area contributed by atoms with Gasteiger partial charge in [0.05, 0.1) is 23.4 Å². The van der Waals surface area contributed by atoms with Crippen LogP contribution in [0.4, 0.5) is 5.69 Å². The van der Waals surface area contributed by atoms with E-state index in [0.29, 0.717) is 34.3 Å². The predicted octanol–water partition coefficient (Wildman–Crippen LogP) is 10.6. The van der Waals surface area contributed by atoms with Gasteiger partial charge in [0.1, 0.15) is 22.9 Å². The topological polar surface area (TPSA) is 116 Å². The molecule has 8 bridgehead atoms. The van der Waals surface area contributed by atoms with Gasteiger partial charge in [0.2, 0.25) is 0 Å². The molecule has 268 valence electrons. The predicted molar refractivity (Wildman–Crippen MR) is 213 cm³/mol. The Balaban J connectivity index is 0.00000427. The molecular formula is C45H29N5NiO4. The Morgan fingerprint density at radius 2 is 0.927 bits per heavy atom. The number of methoxy groups -OCH3 is 1. The summed E-state index contributed by atoms with van der Waals surface area (Å²) in [6.07, 6.45) is 7.70. The zero-order valence-corrected chi connectivity index (χ0v) is 30.2. The summed E-state index contributed by atoms with van der Waals surface area (Å²) in [4.78, 5) is 31.8. The third kappa shape index (κ3) is 6.71. The number of aromatic nitrogens is 4. The first-order valence-electron chi connectivity index (χ1n) is 17.3. The molecule has 5 heterocycles. The van der Waals surface area contributed by atoms with Crippen LogP contribution in [-0.2, 0) is 16.5 Å². The van der Waals surface area contributed by atoms with Gasteiger partial charge in [0.25, 0.3) is 5.69 Å². The molecule has 2 aliphatic heterocycles. The summed E-state index contributed by atoms with van der Waals surface area (Å²) in [6.45, 7) is 0. The average molecular weight is 762 g/mol. The van der Waals surface area contributed by atoms with Crippen molar-refractivity contribution in [3.05, 3.63) is 166 Å². The molecule has 0 amide bonds. The zero-order valence-electron chi connectivity index (χ0n) is 29.2. The minimum absolute atomic E-state index is 0. The van der Waals surface area contributed by atoms with E-state index in [1.807, 2.05) is 133 Å². The van der Waals surface area contributed by atoms with Gasteiger partial charge in [-0.2, -0.15) is 0 Å². The molecule has 0 radical (unpaired) electrons. The Bertz CT molecular complexity index is 2650. The van der Waals surface area contributed by atoms with Crippen LogP contribution >= 0.6 is 0 Å². The summed E-state index contributed by atoms with van der Waals surface area (Å²) in [6, 6.07) is 42.1. The molecule has 0 unspecified atom stereocenters. The summed E-state index contributed by atoms with van der Waals surface area (Å²) in [7, 11) is 1.65. The van der Waals surface area contributed by atoms with Crippen molar-refractivity contribution >= 4 is 52.1 Å². The van der Waals surface area contributed by atoms with Crippen LogP contribution in [0, 0.1) is 10.1 Å². The van der Waals surface area contributed by atoms with Gasteiger partial charge in [-0.3, -0.25) is 10.1 Å². The number of nitro groups is 1. The van der Waals surface area contributed by atoms with E-state index in [-0.39, 0.29) is 22.2 Å². The van der Waals surface area contributed by atoms with Gasteiger partial charge >= 0.3 is 16.5 Å². The van der Waals surface area contributed by atoms with Crippen LogP contribution in [0.25, 0.3) is 79.8 Å². The quantitative estimate of drug-likeness (QED) is 0.0895. The van der Waals surface area contributed by atoms with E-state index in [1.165, 1.54) is 12.1 Å². The maximum Gasteiger partial charge on any atom is 2.00 e. The van der Waals surface area contributed by atoms with E-state index in [4.69, 9.17) is 29.4 Å². The van der Waals surface area contributed by atoms with Crippen molar-refractivity contribution in [3.8, 4) is 50.6 Å².